The number of nitrogens with two attached hydrogens (primary N) is 1. The van der Waals surface area contributed by atoms with Crippen LogP contribution in [0.2, 0.25) is 0 Å². The van der Waals surface area contributed by atoms with Crippen LogP contribution in [0.4, 0.5) is 0 Å². The lowest BCUT2D eigenvalue weighted by Gasteiger charge is -2.10. The van der Waals surface area contributed by atoms with Gasteiger partial charge in [-0.05, 0) is 22.8 Å². The average Bonchev–Trinajstić information content (AvgIpc) is 2.48. The third kappa shape index (κ3) is 3.16. The number of carbonyl (C=O) groups is 1. The molecule has 0 saturated carbocycles. The van der Waals surface area contributed by atoms with Crippen LogP contribution < -0.4 is 10.5 Å². The van der Waals surface area contributed by atoms with Crippen molar-refractivity contribution in [1.82, 2.24) is 0 Å². The fraction of sp³-hybridized carbons (Fsp3) is 0.188. The second kappa shape index (κ2) is 6.21. The van der Waals surface area contributed by atoms with Gasteiger partial charge in [-0.1, -0.05) is 42.5 Å². The van der Waals surface area contributed by atoms with Crippen molar-refractivity contribution in [2.45, 2.75) is 12.5 Å². The van der Waals surface area contributed by atoms with E-state index in [1.54, 1.807) is 19.2 Å². The standard InChI is InChI=1S/C16H17NO3/c1-20-14-5-3-2-4-13(14)10-11-6-8-12(9-7-11)15(17)16(18)19/h2-9,15H,10,17H2,1H3,(H,18,19). The lowest BCUT2D eigenvalue weighted by molar-refractivity contribution is -0.138. The molecule has 0 spiro atoms. The molecule has 0 bridgehead atoms. The maximum atomic E-state index is 10.8. The van der Waals surface area contributed by atoms with Crippen LogP contribution in [0, 0.1) is 0 Å². The maximum Gasteiger partial charge on any atom is 0.325 e. The van der Waals surface area contributed by atoms with E-state index in [4.69, 9.17) is 15.6 Å². The number of benzene rings is 2. The largest absolute Gasteiger partial charge is 0.496 e. The van der Waals surface area contributed by atoms with E-state index in [1.165, 1.54) is 0 Å². The van der Waals surface area contributed by atoms with Gasteiger partial charge in [0.1, 0.15) is 11.8 Å². The van der Waals surface area contributed by atoms with Gasteiger partial charge in [0.05, 0.1) is 7.11 Å². The Morgan fingerprint density at radius 1 is 1.20 bits per heavy atom. The monoisotopic (exact) mass is 271 g/mol. The molecule has 0 aliphatic rings. The molecule has 1 atom stereocenters. The predicted octanol–water partition coefficient (Wildman–Crippen LogP) is 2.37. The number of methoxy groups -OCH3 is 1. The molecular weight excluding hydrogens is 254 g/mol. The van der Waals surface area contributed by atoms with Gasteiger partial charge in [-0.3, -0.25) is 4.79 Å². The summed E-state index contributed by atoms with van der Waals surface area (Å²) in [4.78, 5) is 10.8. The second-order valence-corrected chi connectivity index (χ2v) is 4.55. The minimum Gasteiger partial charge on any atom is -0.496 e. The number of ether oxygens (including phenoxy) is 1. The topological polar surface area (TPSA) is 72.5 Å². The summed E-state index contributed by atoms with van der Waals surface area (Å²) in [7, 11) is 1.65. The number of carboxylic acids is 1. The Bertz CT molecular complexity index is 593. The molecule has 4 nitrogen and oxygen atoms in total. The molecule has 20 heavy (non-hydrogen) atoms. The van der Waals surface area contributed by atoms with E-state index in [1.807, 2.05) is 36.4 Å². The molecule has 0 fully saturated rings. The highest BCUT2D eigenvalue weighted by molar-refractivity contribution is 5.75. The first-order valence-electron chi connectivity index (χ1n) is 6.31. The molecule has 3 N–H and O–H groups in total. The number of rotatable bonds is 5. The van der Waals surface area contributed by atoms with Crippen LogP contribution in [0.1, 0.15) is 22.7 Å². The first kappa shape index (κ1) is 14.1. The molecule has 0 aliphatic heterocycles. The van der Waals surface area contributed by atoms with Crippen molar-refractivity contribution < 1.29 is 14.6 Å². The third-order valence-electron chi connectivity index (χ3n) is 3.19. The fourth-order valence-electron chi connectivity index (χ4n) is 2.05. The third-order valence-corrected chi connectivity index (χ3v) is 3.19. The van der Waals surface area contributed by atoms with Gasteiger partial charge in [0.15, 0.2) is 0 Å². The van der Waals surface area contributed by atoms with E-state index < -0.39 is 12.0 Å². The van der Waals surface area contributed by atoms with Crippen LogP contribution >= 0.6 is 0 Å². The lowest BCUT2D eigenvalue weighted by Crippen LogP contribution is -2.20. The van der Waals surface area contributed by atoms with E-state index in [0.717, 1.165) is 23.3 Å². The number of carboxylic acid groups (broad SMARTS) is 1. The molecule has 1 unspecified atom stereocenters. The number of hydrogen-bond donors (Lipinski definition) is 2. The summed E-state index contributed by atoms with van der Waals surface area (Å²) in [5, 5.41) is 8.87. The zero-order valence-corrected chi connectivity index (χ0v) is 11.2. The fourth-order valence-corrected chi connectivity index (χ4v) is 2.05. The molecule has 0 heterocycles. The maximum absolute atomic E-state index is 10.8. The summed E-state index contributed by atoms with van der Waals surface area (Å²) in [6, 6.07) is 14.1. The highest BCUT2D eigenvalue weighted by Crippen LogP contribution is 2.21. The molecule has 0 amide bonds. The van der Waals surface area contributed by atoms with Crippen molar-refractivity contribution >= 4 is 5.97 Å². The Kier molecular flexibility index (Phi) is 4.38. The van der Waals surface area contributed by atoms with Crippen LogP contribution in [-0.4, -0.2) is 18.2 Å². The van der Waals surface area contributed by atoms with Crippen molar-refractivity contribution in [3.8, 4) is 5.75 Å². The summed E-state index contributed by atoms with van der Waals surface area (Å²) in [6.45, 7) is 0. The minimum atomic E-state index is -1.03. The zero-order valence-electron chi connectivity index (χ0n) is 11.2. The van der Waals surface area contributed by atoms with Gasteiger partial charge < -0.3 is 15.6 Å². The molecule has 0 radical (unpaired) electrons. The van der Waals surface area contributed by atoms with Crippen molar-refractivity contribution in [3.63, 3.8) is 0 Å². The number of para-hydroxylation sites is 1. The Labute approximate surface area is 117 Å². The molecule has 0 saturated heterocycles. The summed E-state index contributed by atoms with van der Waals surface area (Å²) in [6.07, 6.45) is 0.729. The Hall–Kier alpha value is -2.33. The van der Waals surface area contributed by atoms with Crippen molar-refractivity contribution in [1.29, 1.82) is 0 Å². The Balaban J connectivity index is 2.17. The van der Waals surface area contributed by atoms with Gasteiger partial charge >= 0.3 is 5.97 Å². The average molecular weight is 271 g/mol. The normalized spacial score (nSPS) is 11.9. The van der Waals surface area contributed by atoms with Gasteiger partial charge in [-0.25, -0.2) is 0 Å². The van der Waals surface area contributed by atoms with E-state index in [-0.39, 0.29) is 0 Å². The summed E-state index contributed by atoms with van der Waals surface area (Å²) < 4.78 is 5.31. The summed E-state index contributed by atoms with van der Waals surface area (Å²) >= 11 is 0. The first-order valence-corrected chi connectivity index (χ1v) is 6.31. The van der Waals surface area contributed by atoms with E-state index in [9.17, 15) is 4.79 Å². The van der Waals surface area contributed by atoms with Crippen LogP contribution in [0.5, 0.6) is 5.75 Å². The quantitative estimate of drug-likeness (QED) is 0.875. The van der Waals surface area contributed by atoms with Gasteiger partial charge in [0, 0.05) is 6.42 Å². The smallest absolute Gasteiger partial charge is 0.325 e. The van der Waals surface area contributed by atoms with Crippen LogP contribution in [0.15, 0.2) is 48.5 Å². The van der Waals surface area contributed by atoms with Crippen LogP contribution in [0.3, 0.4) is 0 Å². The Morgan fingerprint density at radius 3 is 2.45 bits per heavy atom. The summed E-state index contributed by atoms with van der Waals surface area (Å²) in [5.41, 5.74) is 8.33. The predicted molar refractivity (Wildman–Crippen MR) is 76.8 cm³/mol. The lowest BCUT2D eigenvalue weighted by atomic mass is 10.0. The first-order chi connectivity index (χ1) is 9.61. The Morgan fingerprint density at radius 2 is 1.85 bits per heavy atom. The molecule has 4 heteroatoms. The molecule has 0 aliphatic carbocycles. The van der Waals surface area contributed by atoms with Crippen molar-refractivity contribution in [2.75, 3.05) is 7.11 Å². The molecule has 0 aromatic heterocycles. The van der Waals surface area contributed by atoms with Gasteiger partial charge in [-0.2, -0.15) is 0 Å². The second-order valence-electron chi connectivity index (χ2n) is 4.55. The highest BCUT2D eigenvalue weighted by Gasteiger charge is 2.13. The number of aliphatic carboxylic acids is 1. The summed E-state index contributed by atoms with van der Waals surface area (Å²) in [5.74, 6) is -0.179. The molecule has 2 aromatic carbocycles. The van der Waals surface area contributed by atoms with Gasteiger partial charge in [-0.15, -0.1) is 0 Å². The minimum absolute atomic E-state index is 0.598. The molecule has 104 valence electrons. The SMILES string of the molecule is COc1ccccc1Cc1ccc(C(N)C(=O)O)cc1. The van der Waals surface area contributed by atoms with E-state index in [0.29, 0.717) is 5.56 Å². The zero-order chi connectivity index (χ0) is 14.5. The van der Waals surface area contributed by atoms with E-state index in [2.05, 4.69) is 0 Å². The van der Waals surface area contributed by atoms with Crippen LogP contribution in [-0.2, 0) is 11.2 Å². The molecular formula is C16H17NO3. The molecule has 2 aromatic rings. The highest BCUT2D eigenvalue weighted by atomic mass is 16.5. The van der Waals surface area contributed by atoms with Gasteiger partial charge in [0.25, 0.3) is 0 Å². The van der Waals surface area contributed by atoms with Crippen molar-refractivity contribution in [2.24, 2.45) is 5.73 Å². The molecule has 2 rings (SSSR count). The van der Waals surface area contributed by atoms with E-state index >= 15 is 0 Å². The number of hydrogen-bond acceptors (Lipinski definition) is 3. The van der Waals surface area contributed by atoms with Gasteiger partial charge in [0.2, 0.25) is 0 Å². The van der Waals surface area contributed by atoms with Crippen molar-refractivity contribution in [3.05, 3.63) is 65.2 Å². The van der Waals surface area contributed by atoms with Crippen LogP contribution in [0.25, 0.3) is 0 Å².